The van der Waals surface area contributed by atoms with Gasteiger partial charge in [-0.1, -0.05) is 18.2 Å². The van der Waals surface area contributed by atoms with E-state index in [-0.39, 0.29) is 28.1 Å². The van der Waals surface area contributed by atoms with Gasteiger partial charge in [0.15, 0.2) is 5.69 Å². The highest BCUT2D eigenvalue weighted by Gasteiger charge is 2.32. The summed E-state index contributed by atoms with van der Waals surface area (Å²) in [5.41, 5.74) is 0.00147. The third-order valence-corrected chi connectivity index (χ3v) is 4.37. The van der Waals surface area contributed by atoms with Gasteiger partial charge in [0.25, 0.3) is 0 Å². The number of para-hydroxylation sites is 1. The maximum absolute atomic E-state index is 12.6. The van der Waals surface area contributed by atoms with Crippen molar-refractivity contribution in [2.75, 3.05) is 21.3 Å². The Bertz CT molecular complexity index is 1120. The lowest BCUT2D eigenvalue weighted by atomic mass is 10.00. The summed E-state index contributed by atoms with van der Waals surface area (Å²) in [4.78, 5) is 37.1. The number of carboxylic acid groups (broad SMARTS) is 1. The van der Waals surface area contributed by atoms with Crippen LogP contribution in [0.1, 0.15) is 31.2 Å². The van der Waals surface area contributed by atoms with Gasteiger partial charge in [-0.2, -0.15) is 5.10 Å². The molecule has 0 saturated heterocycles. The number of hydrogen-bond acceptors (Lipinski definition) is 7. The molecule has 0 atom stereocenters. The highest BCUT2D eigenvalue weighted by Crippen LogP contribution is 2.33. The zero-order valence-electron chi connectivity index (χ0n) is 16.4. The Morgan fingerprint density at radius 2 is 1.60 bits per heavy atom. The topological polar surface area (TPSA) is 117 Å². The Morgan fingerprint density at radius 3 is 2.17 bits per heavy atom. The van der Waals surface area contributed by atoms with Gasteiger partial charge < -0.3 is 19.3 Å². The zero-order valence-corrected chi connectivity index (χ0v) is 16.4. The predicted octanol–water partition coefficient (Wildman–Crippen LogP) is 2.82. The largest absolute Gasteiger partial charge is 0.497 e. The first kappa shape index (κ1) is 20.6. The van der Waals surface area contributed by atoms with Crippen molar-refractivity contribution in [1.29, 1.82) is 0 Å². The van der Waals surface area contributed by atoms with Crippen LogP contribution in [-0.4, -0.2) is 54.1 Å². The lowest BCUT2D eigenvalue weighted by Gasteiger charge is -2.08. The van der Waals surface area contributed by atoms with Crippen LogP contribution in [0.15, 0.2) is 48.5 Å². The molecule has 1 heterocycles. The molecule has 154 valence electrons. The molecule has 1 N–H and O–H groups in total. The van der Waals surface area contributed by atoms with Crippen LogP contribution in [0.25, 0.3) is 16.9 Å². The van der Waals surface area contributed by atoms with Gasteiger partial charge in [-0.25, -0.2) is 19.1 Å². The Balaban J connectivity index is 2.41. The Labute approximate surface area is 171 Å². The normalized spacial score (nSPS) is 10.4. The second kappa shape index (κ2) is 8.48. The van der Waals surface area contributed by atoms with Crippen molar-refractivity contribution in [3.63, 3.8) is 0 Å². The minimum Gasteiger partial charge on any atom is -0.497 e. The maximum Gasteiger partial charge on any atom is 0.357 e. The minimum atomic E-state index is -1.26. The quantitative estimate of drug-likeness (QED) is 0.617. The monoisotopic (exact) mass is 410 g/mol. The van der Waals surface area contributed by atoms with Crippen LogP contribution in [0.5, 0.6) is 5.75 Å². The van der Waals surface area contributed by atoms with E-state index in [1.165, 1.54) is 37.1 Å². The first-order valence-electron chi connectivity index (χ1n) is 8.69. The van der Waals surface area contributed by atoms with E-state index >= 15 is 0 Å². The van der Waals surface area contributed by atoms with E-state index in [0.717, 1.165) is 7.11 Å². The SMILES string of the molecule is COC(=O)c1c(-c2ccc(OC)cc2C(=O)O)nn(-c2ccccc2)c1C(=O)OC. The number of aromatic nitrogens is 2. The lowest BCUT2D eigenvalue weighted by Crippen LogP contribution is -2.15. The number of esters is 2. The molecule has 0 amide bonds. The van der Waals surface area contributed by atoms with E-state index in [1.807, 2.05) is 0 Å². The molecular formula is C21H18N2O7. The number of methoxy groups -OCH3 is 3. The van der Waals surface area contributed by atoms with Crippen LogP contribution in [-0.2, 0) is 9.47 Å². The van der Waals surface area contributed by atoms with Gasteiger partial charge in [0.1, 0.15) is 17.0 Å². The summed E-state index contributed by atoms with van der Waals surface area (Å²) in [6, 6.07) is 12.9. The summed E-state index contributed by atoms with van der Waals surface area (Å²) in [6.45, 7) is 0. The van der Waals surface area contributed by atoms with Gasteiger partial charge in [-0.15, -0.1) is 0 Å². The van der Waals surface area contributed by atoms with Crippen LogP contribution in [0.2, 0.25) is 0 Å². The van der Waals surface area contributed by atoms with Gasteiger partial charge in [0.2, 0.25) is 0 Å². The standard InChI is InChI=1S/C21H18N2O7/c1-28-13-9-10-14(15(11-13)19(24)25)17-16(20(26)29-2)18(21(27)30-3)23(22-17)12-7-5-4-6-8-12/h4-11H,1-3H3,(H,24,25). The molecule has 3 aromatic rings. The number of hydrogen-bond donors (Lipinski definition) is 1. The van der Waals surface area contributed by atoms with Crippen molar-refractivity contribution < 1.29 is 33.7 Å². The molecule has 0 unspecified atom stereocenters. The number of carboxylic acids is 1. The molecule has 0 radical (unpaired) electrons. The number of benzene rings is 2. The molecule has 0 saturated carbocycles. The summed E-state index contributed by atoms with van der Waals surface area (Å²) < 4.78 is 16.0. The van der Waals surface area contributed by atoms with Gasteiger partial charge in [-0.05, 0) is 30.3 Å². The highest BCUT2D eigenvalue weighted by molar-refractivity contribution is 6.08. The lowest BCUT2D eigenvalue weighted by molar-refractivity contribution is 0.0549. The number of nitrogens with zero attached hydrogens (tertiary/aromatic N) is 2. The van der Waals surface area contributed by atoms with Crippen LogP contribution >= 0.6 is 0 Å². The number of carbonyl (C=O) groups is 3. The number of carbonyl (C=O) groups excluding carboxylic acids is 2. The minimum absolute atomic E-state index is 0.0360. The van der Waals surface area contributed by atoms with Crippen molar-refractivity contribution in [2.24, 2.45) is 0 Å². The van der Waals surface area contributed by atoms with Crippen molar-refractivity contribution >= 4 is 17.9 Å². The van der Waals surface area contributed by atoms with Crippen LogP contribution in [0, 0.1) is 0 Å². The molecule has 3 rings (SSSR count). The molecule has 0 aliphatic carbocycles. The average Bonchev–Trinajstić information content (AvgIpc) is 3.18. The van der Waals surface area contributed by atoms with Crippen LogP contribution in [0.4, 0.5) is 0 Å². The van der Waals surface area contributed by atoms with E-state index in [0.29, 0.717) is 11.4 Å². The molecule has 9 nitrogen and oxygen atoms in total. The fraction of sp³-hybridized carbons (Fsp3) is 0.143. The molecule has 0 aliphatic heterocycles. The van der Waals surface area contributed by atoms with Crippen LogP contribution < -0.4 is 4.74 Å². The third-order valence-electron chi connectivity index (χ3n) is 4.37. The molecule has 0 spiro atoms. The highest BCUT2D eigenvalue weighted by atomic mass is 16.5. The second-order valence-electron chi connectivity index (χ2n) is 6.02. The summed E-state index contributed by atoms with van der Waals surface area (Å²) in [6.07, 6.45) is 0. The first-order chi connectivity index (χ1) is 14.4. The Morgan fingerprint density at radius 1 is 0.933 bits per heavy atom. The molecule has 9 heteroatoms. The van der Waals surface area contributed by atoms with Gasteiger partial charge in [-0.3, -0.25) is 0 Å². The molecule has 1 aromatic heterocycles. The van der Waals surface area contributed by atoms with Gasteiger partial charge in [0.05, 0.1) is 32.6 Å². The van der Waals surface area contributed by atoms with Crippen molar-refractivity contribution in [2.45, 2.75) is 0 Å². The molecular weight excluding hydrogens is 392 g/mol. The molecule has 30 heavy (non-hydrogen) atoms. The van der Waals surface area contributed by atoms with Gasteiger partial charge in [0, 0.05) is 5.56 Å². The van der Waals surface area contributed by atoms with Crippen molar-refractivity contribution in [3.05, 3.63) is 65.4 Å². The predicted molar refractivity (Wildman–Crippen MR) is 105 cm³/mol. The molecule has 0 aliphatic rings. The molecule has 2 aromatic carbocycles. The van der Waals surface area contributed by atoms with Crippen LogP contribution in [0.3, 0.4) is 0 Å². The number of ether oxygens (including phenoxy) is 3. The summed E-state index contributed by atoms with van der Waals surface area (Å²) in [5.74, 6) is -2.64. The maximum atomic E-state index is 12.6. The van der Waals surface area contributed by atoms with E-state index in [4.69, 9.17) is 14.2 Å². The fourth-order valence-corrected chi connectivity index (χ4v) is 2.98. The summed E-state index contributed by atoms with van der Waals surface area (Å²) in [5, 5.41) is 14.1. The molecule has 0 fully saturated rings. The second-order valence-corrected chi connectivity index (χ2v) is 6.02. The third kappa shape index (κ3) is 3.60. The van der Waals surface area contributed by atoms with E-state index in [1.54, 1.807) is 30.3 Å². The van der Waals surface area contributed by atoms with Gasteiger partial charge >= 0.3 is 17.9 Å². The Hall–Kier alpha value is -4.14. The molecule has 0 bridgehead atoms. The fourth-order valence-electron chi connectivity index (χ4n) is 2.98. The Kier molecular flexibility index (Phi) is 5.82. The first-order valence-corrected chi connectivity index (χ1v) is 8.69. The van der Waals surface area contributed by atoms with Crippen molar-refractivity contribution in [1.82, 2.24) is 9.78 Å². The number of aromatic carboxylic acids is 1. The smallest absolute Gasteiger partial charge is 0.357 e. The van der Waals surface area contributed by atoms with E-state index in [2.05, 4.69) is 5.10 Å². The summed E-state index contributed by atoms with van der Waals surface area (Å²) >= 11 is 0. The van der Waals surface area contributed by atoms with E-state index in [9.17, 15) is 19.5 Å². The number of rotatable bonds is 6. The average molecular weight is 410 g/mol. The zero-order chi connectivity index (χ0) is 21.8. The van der Waals surface area contributed by atoms with E-state index < -0.39 is 17.9 Å². The summed E-state index contributed by atoms with van der Waals surface area (Å²) in [7, 11) is 3.72. The van der Waals surface area contributed by atoms with Crippen molar-refractivity contribution in [3.8, 4) is 22.7 Å².